The van der Waals surface area contributed by atoms with E-state index >= 15 is 0 Å². The number of anilines is 2. The molecule has 0 spiro atoms. The van der Waals surface area contributed by atoms with E-state index in [1.165, 1.54) is 0 Å². The molecule has 0 saturated carbocycles. The molecule has 128 valence electrons. The predicted molar refractivity (Wildman–Crippen MR) is 107 cm³/mol. The van der Waals surface area contributed by atoms with Crippen molar-refractivity contribution in [2.24, 2.45) is 0 Å². The van der Waals surface area contributed by atoms with Crippen LogP contribution >= 0.6 is 23.2 Å². The number of benzene rings is 2. The van der Waals surface area contributed by atoms with Crippen LogP contribution in [0.2, 0.25) is 10.0 Å². The van der Waals surface area contributed by atoms with E-state index in [0.29, 0.717) is 32.8 Å². The molecule has 1 amide bonds. The van der Waals surface area contributed by atoms with Gasteiger partial charge in [0.2, 0.25) is 5.95 Å². The van der Waals surface area contributed by atoms with E-state index in [1.54, 1.807) is 24.3 Å². The van der Waals surface area contributed by atoms with Gasteiger partial charge in [0.05, 0.1) is 26.8 Å². The number of imidazole rings is 1. The molecular formula is C17H17BCl2N4O. The lowest BCUT2D eigenvalue weighted by Gasteiger charge is -2.09. The van der Waals surface area contributed by atoms with Crippen molar-refractivity contribution < 1.29 is 4.79 Å². The first-order valence-corrected chi connectivity index (χ1v) is 8.63. The second-order valence-electron chi connectivity index (χ2n) is 6.12. The second kappa shape index (κ2) is 6.98. The van der Waals surface area contributed by atoms with Gasteiger partial charge in [-0.3, -0.25) is 4.79 Å². The number of hydrogen-bond acceptors (Lipinski definition) is 3. The molecule has 8 heteroatoms. The van der Waals surface area contributed by atoms with E-state index in [0.717, 1.165) is 11.0 Å². The number of carbonyl (C=O) groups is 1. The fourth-order valence-corrected chi connectivity index (χ4v) is 3.05. The zero-order chi connectivity index (χ0) is 18.1. The van der Waals surface area contributed by atoms with Gasteiger partial charge in [0.25, 0.3) is 5.91 Å². The number of hydrogen-bond donors (Lipinski definition) is 3. The average molecular weight is 375 g/mol. The standard InChI is InChI=1S/C17H17BCl2N4O/c1-8(2)21-16(25)9-6-10(18)14-13(7-9)22-17(23-14)24-15-11(19)4-3-5-12(15)20/h3-8H,18H2,1-2H3,(H,21,25)(H2,22,23,24). The molecule has 0 aliphatic carbocycles. The van der Waals surface area contributed by atoms with Crippen LogP contribution in [0.5, 0.6) is 0 Å². The monoisotopic (exact) mass is 374 g/mol. The minimum atomic E-state index is -0.119. The number of rotatable bonds is 4. The lowest BCUT2D eigenvalue weighted by Crippen LogP contribution is -2.30. The lowest BCUT2D eigenvalue weighted by molar-refractivity contribution is 0.0943. The topological polar surface area (TPSA) is 69.8 Å². The van der Waals surface area contributed by atoms with Crippen LogP contribution in [0.25, 0.3) is 11.0 Å². The molecular weight excluding hydrogens is 358 g/mol. The largest absolute Gasteiger partial charge is 0.350 e. The highest BCUT2D eigenvalue weighted by molar-refractivity contribution is 6.39. The maximum Gasteiger partial charge on any atom is 0.251 e. The number of para-hydroxylation sites is 1. The minimum Gasteiger partial charge on any atom is -0.350 e. The summed E-state index contributed by atoms with van der Waals surface area (Å²) in [5, 5.41) is 7.00. The van der Waals surface area contributed by atoms with Gasteiger partial charge >= 0.3 is 0 Å². The molecule has 3 N–H and O–H groups in total. The molecule has 0 bridgehead atoms. The normalized spacial score (nSPS) is 11.1. The van der Waals surface area contributed by atoms with Crippen molar-refractivity contribution in [3.63, 3.8) is 0 Å². The van der Waals surface area contributed by atoms with E-state index < -0.39 is 0 Å². The number of H-pyrrole nitrogens is 1. The highest BCUT2D eigenvalue weighted by Gasteiger charge is 2.14. The first-order valence-electron chi connectivity index (χ1n) is 7.87. The van der Waals surface area contributed by atoms with Gasteiger partial charge in [-0.15, -0.1) is 0 Å². The number of fused-ring (bicyclic) bond motifs is 1. The van der Waals surface area contributed by atoms with Crippen molar-refractivity contribution in [3.05, 3.63) is 45.9 Å². The molecule has 1 aromatic heterocycles. The summed E-state index contributed by atoms with van der Waals surface area (Å²) in [5.74, 6) is 0.390. The quantitative estimate of drug-likeness (QED) is 0.615. The summed E-state index contributed by atoms with van der Waals surface area (Å²) in [6.07, 6.45) is 0. The zero-order valence-electron chi connectivity index (χ0n) is 14.1. The summed E-state index contributed by atoms with van der Waals surface area (Å²) in [6.45, 7) is 3.85. The predicted octanol–water partition coefficient (Wildman–Crippen LogP) is 3.01. The Kier molecular flexibility index (Phi) is 4.93. The van der Waals surface area contributed by atoms with Crippen LogP contribution in [-0.2, 0) is 0 Å². The smallest absolute Gasteiger partial charge is 0.251 e. The Hall–Kier alpha value is -2.18. The highest BCUT2D eigenvalue weighted by atomic mass is 35.5. The number of carbonyl (C=O) groups excluding carboxylic acids is 1. The number of nitrogens with one attached hydrogen (secondary N) is 3. The molecule has 3 aromatic rings. The van der Waals surface area contributed by atoms with Crippen molar-refractivity contribution in [2.45, 2.75) is 19.9 Å². The summed E-state index contributed by atoms with van der Waals surface area (Å²) in [7, 11) is 1.93. The lowest BCUT2D eigenvalue weighted by atomic mass is 9.92. The molecule has 0 radical (unpaired) electrons. The molecule has 0 saturated heterocycles. The molecule has 25 heavy (non-hydrogen) atoms. The molecule has 0 atom stereocenters. The van der Waals surface area contributed by atoms with Crippen molar-refractivity contribution in [3.8, 4) is 0 Å². The number of aromatic amines is 1. The van der Waals surface area contributed by atoms with Crippen molar-refractivity contribution in [2.75, 3.05) is 5.32 Å². The maximum atomic E-state index is 12.2. The number of aromatic nitrogens is 2. The zero-order valence-corrected chi connectivity index (χ0v) is 15.6. The first kappa shape index (κ1) is 17.6. The third kappa shape index (κ3) is 3.75. The summed E-state index contributed by atoms with van der Waals surface area (Å²) < 4.78 is 0. The van der Waals surface area contributed by atoms with Crippen LogP contribution in [-0.4, -0.2) is 29.8 Å². The first-order chi connectivity index (χ1) is 11.8. The van der Waals surface area contributed by atoms with Gasteiger partial charge in [0, 0.05) is 11.6 Å². The van der Waals surface area contributed by atoms with Crippen LogP contribution in [0.15, 0.2) is 30.3 Å². The number of nitrogens with zero attached hydrogens (tertiary/aromatic N) is 1. The minimum absolute atomic E-state index is 0.0716. The third-order valence-electron chi connectivity index (χ3n) is 3.68. The molecule has 0 aliphatic rings. The molecule has 3 rings (SSSR count). The Balaban J connectivity index is 1.97. The van der Waals surface area contributed by atoms with Gasteiger partial charge < -0.3 is 15.6 Å². The summed E-state index contributed by atoms with van der Waals surface area (Å²) in [5.41, 5.74) is 3.64. The van der Waals surface area contributed by atoms with Crippen LogP contribution in [0.3, 0.4) is 0 Å². The van der Waals surface area contributed by atoms with Crippen molar-refractivity contribution >= 4 is 65.1 Å². The van der Waals surface area contributed by atoms with E-state index in [2.05, 4.69) is 20.6 Å². The molecule has 0 fully saturated rings. The number of amides is 1. The highest BCUT2D eigenvalue weighted by Crippen LogP contribution is 2.32. The summed E-state index contributed by atoms with van der Waals surface area (Å²) >= 11 is 12.4. The Morgan fingerprint density at radius 2 is 1.92 bits per heavy atom. The van der Waals surface area contributed by atoms with E-state index in [4.69, 9.17) is 23.2 Å². The van der Waals surface area contributed by atoms with Crippen molar-refractivity contribution in [1.29, 1.82) is 0 Å². The summed E-state index contributed by atoms with van der Waals surface area (Å²) in [6, 6.07) is 8.94. The summed E-state index contributed by atoms with van der Waals surface area (Å²) in [4.78, 5) is 20.0. The molecule has 0 aliphatic heterocycles. The van der Waals surface area contributed by atoms with Crippen LogP contribution in [0, 0.1) is 0 Å². The third-order valence-corrected chi connectivity index (χ3v) is 4.31. The van der Waals surface area contributed by atoms with Gasteiger partial charge in [0.15, 0.2) is 0 Å². The van der Waals surface area contributed by atoms with Gasteiger partial charge in [0.1, 0.15) is 7.85 Å². The Labute approximate surface area is 156 Å². The van der Waals surface area contributed by atoms with E-state index in [9.17, 15) is 4.79 Å². The Morgan fingerprint density at radius 3 is 2.56 bits per heavy atom. The molecule has 2 aromatic carbocycles. The molecule has 5 nitrogen and oxygen atoms in total. The second-order valence-corrected chi connectivity index (χ2v) is 6.94. The van der Waals surface area contributed by atoms with Crippen LogP contribution in [0.1, 0.15) is 24.2 Å². The van der Waals surface area contributed by atoms with Gasteiger partial charge in [-0.2, -0.15) is 0 Å². The maximum absolute atomic E-state index is 12.2. The van der Waals surface area contributed by atoms with E-state index in [1.807, 2.05) is 27.8 Å². The van der Waals surface area contributed by atoms with Gasteiger partial charge in [-0.05, 0) is 32.0 Å². The SMILES string of the molecule is Bc1cc(C(=O)NC(C)C)cc2nc(Nc3c(Cl)cccc3Cl)[nH]c12. The number of halogens is 2. The van der Waals surface area contributed by atoms with Gasteiger partial charge in [-0.1, -0.05) is 40.8 Å². The molecule has 1 heterocycles. The molecule has 0 unspecified atom stereocenters. The van der Waals surface area contributed by atoms with Crippen molar-refractivity contribution in [1.82, 2.24) is 15.3 Å². The Bertz CT molecular complexity index is 935. The Morgan fingerprint density at radius 1 is 1.24 bits per heavy atom. The average Bonchev–Trinajstić information content (AvgIpc) is 2.94. The fraction of sp³-hybridized carbons (Fsp3) is 0.176. The van der Waals surface area contributed by atoms with Crippen LogP contribution < -0.4 is 16.1 Å². The fourth-order valence-electron chi connectivity index (χ4n) is 2.56. The van der Waals surface area contributed by atoms with Crippen LogP contribution in [0.4, 0.5) is 11.6 Å². The van der Waals surface area contributed by atoms with Gasteiger partial charge in [-0.25, -0.2) is 4.98 Å². The van der Waals surface area contributed by atoms with E-state index in [-0.39, 0.29) is 11.9 Å².